The molecule has 1 amide bonds. The van der Waals surface area contributed by atoms with Crippen molar-refractivity contribution < 1.29 is 18.7 Å². The minimum atomic E-state index is -0.993. The van der Waals surface area contributed by atoms with Gasteiger partial charge in [-0.25, -0.2) is 14.2 Å². The number of carbonyl (C=O) groups is 2. The molecule has 1 heterocycles. The molecule has 1 aromatic heterocycles. The van der Waals surface area contributed by atoms with Crippen LogP contribution in [0.1, 0.15) is 11.9 Å². The third-order valence-corrected chi connectivity index (χ3v) is 4.45. The number of hydrogen-bond donors (Lipinski definition) is 1. The molecule has 0 fully saturated rings. The number of fused-ring (bicyclic) bond motifs is 1. The summed E-state index contributed by atoms with van der Waals surface area (Å²) in [6.07, 6.45) is 1.80. The first-order valence-corrected chi connectivity index (χ1v) is 8.63. The third-order valence-electron chi connectivity index (χ3n) is 3.45. The lowest BCUT2D eigenvalue weighted by molar-refractivity contribution is -0.148. The average Bonchev–Trinajstić information content (AvgIpc) is 3.05. The molecule has 0 aliphatic rings. The van der Waals surface area contributed by atoms with Gasteiger partial charge in [0.1, 0.15) is 10.8 Å². The van der Waals surface area contributed by atoms with Crippen LogP contribution in [0.2, 0.25) is 0 Å². The Labute approximate surface area is 153 Å². The largest absolute Gasteiger partial charge is 0.449 e. The van der Waals surface area contributed by atoms with E-state index in [1.54, 1.807) is 6.08 Å². The van der Waals surface area contributed by atoms with E-state index in [-0.39, 0.29) is 0 Å². The predicted molar refractivity (Wildman–Crippen MR) is 99.2 cm³/mol. The molecule has 0 bridgehead atoms. The zero-order valence-electron chi connectivity index (χ0n) is 13.8. The molecule has 0 saturated carbocycles. The molecule has 0 aliphatic heterocycles. The van der Waals surface area contributed by atoms with Crippen molar-refractivity contribution in [1.29, 1.82) is 0 Å². The highest BCUT2D eigenvalue weighted by Gasteiger charge is 2.16. The minimum absolute atomic E-state index is 0.401. The number of halogens is 1. The maximum absolute atomic E-state index is 12.9. The van der Waals surface area contributed by atoms with Crippen LogP contribution >= 0.6 is 11.3 Å². The zero-order chi connectivity index (χ0) is 18.5. The van der Waals surface area contributed by atoms with Gasteiger partial charge < -0.3 is 10.1 Å². The predicted octanol–water partition coefficient (Wildman–Crippen LogP) is 4.02. The van der Waals surface area contributed by atoms with Crippen LogP contribution in [0.25, 0.3) is 16.3 Å². The van der Waals surface area contributed by atoms with Gasteiger partial charge in [0.05, 0.1) is 10.2 Å². The topological polar surface area (TPSA) is 68.3 Å². The summed E-state index contributed by atoms with van der Waals surface area (Å²) in [5.74, 6) is -1.55. The molecule has 1 N–H and O–H groups in total. The van der Waals surface area contributed by atoms with Gasteiger partial charge in [0.25, 0.3) is 5.91 Å². The van der Waals surface area contributed by atoms with Crippen molar-refractivity contribution in [2.45, 2.75) is 13.0 Å². The zero-order valence-corrected chi connectivity index (χ0v) is 14.6. The molecule has 3 rings (SSSR count). The van der Waals surface area contributed by atoms with E-state index in [0.29, 0.717) is 10.7 Å². The molecule has 2 aromatic carbocycles. The van der Waals surface area contributed by atoms with Crippen molar-refractivity contribution in [3.63, 3.8) is 0 Å². The molecule has 3 aromatic rings. The Morgan fingerprint density at radius 2 is 1.92 bits per heavy atom. The number of carbonyl (C=O) groups excluding carboxylic acids is 2. The minimum Gasteiger partial charge on any atom is -0.449 e. The smallest absolute Gasteiger partial charge is 0.331 e. The molecule has 0 radical (unpaired) electrons. The van der Waals surface area contributed by atoms with E-state index in [4.69, 9.17) is 4.74 Å². The van der Waals surface area contributed by atoms with Gasteiger partial charge in [-0.1, -0.05) is 12.1 Å². The summed E-state index contributed by atoms with van der Waals surface area (Å²) in [7, 11) is 0. The summed E-state index contributed by atoms with van der Waals surface area (Å²) in [6, 6.07) is 13.0. The lowest BCUT2D eigenvalue weighted by atomic mass is 10.3. The monoisotopic (exact) mass is 370 g/mol. The molecule has 0 saturated heterocycles. The quantitative estimate of drug-likeness (QED) is 0.544. The van der Waals surface area contributed by atoms with Crippen molar-refractivity contribution in [2.24, 2.45) is 0 Å². The van der Waals surface area contributed by atoms with E-state index in [2.05, 4.69) is 10.3 Å². The summed E-state index contributed by atoms with van der Waals surface area (Å²) < 4.78 is 18.9. The fraction of sp³-hybridized carbons (Fsp3) is 0.105. The maximum atomic E-state index is 12.9. The van der Waals surface area contributed by atoms with E-state index in [9.17, 15) is 14.0 Å². The normalized spacial score (nSPS) is 12.2. The molecule has 132 valence electrons. The molecule has 0 aliphatic carbocycles. The number of para-hydroxylation sites is 1. The fourth-order valence-corrected chi connectivity index (χ4v) is 3.02. The SMILES string of the molecule is C[C@@H](OC(=O)/C=C/c1nc2ccccc2s1)C(=O)Nc1ccc(F)cc1. The fourth-order valence-electron chi connectivity index (χ4n) is 2.14. The van der Waals surface area contributed by atoms with E-state index in [0.717, 1.165) is 10.2 Å². The van der Waals surface area contributed by atoms with Crippen LogP contribution in [-0.2, 0) is 14.3 Å². The summed E-state index contributed by atoms with van der Waals surface area (Å²) in [4.78, 5) is 28.3. The number of aromatic nitrogens is 1. The number of nitrogens with one attached hydrogen (secondary N) is 1. The maximum Gasteiger partial charge on any atom is 0.331 e. The van der Waals surface area contributed by atoms with Crippen molar-refractivity contribution in [3.05, 3.63) is 65.4 Å². The van der Waals surface area contributed by atoms with Crippen molar-refractivity contribution >= 4 is 45.2 Å². The number of benzene rings is 2. The lowest BCUT2D eigenvalue weighted by Gasteiger charge is -2.12. The molecular weight excluding hydrogens is 355 g/mol. The second-order valence-corrected chi connectivity index (χ2v) is 6.49. The Balaban J connectivity index is 1.56. The van der Waals surface area contributed by atoms with Crippen molar-refractivity contribution in [1.82, 2.24) is 4.98 Å². The molecule has 1 atom stereocenters. The average molecular weight is 370 g/mol. The van der Waals surface area contributed by atoms with Crippen LogP contribution in [0.4, 0.5) is 10.1 Å². The Bertz CT molecular complexity index is 933. The van der Waals surface area contributed by atoms with Crippen LogP contribution in [0.5, 0.6) is 0 Å². The van der Waals surface area contributed by atoms with E-state index in [1.807, 2.05) is 24.3 Å². The van der Waals surface area contributed by atoms with Gasteiger partial charge in [0.15, 0.2) is 6.10 Å². The second kappa shape index (κ2) is 7.88. The molecule has 7 heteroatoms. The highest BCUT2D eigenvalue weighted by Crippen LogP contribution is 2.22. The number of amides is 1. The van der Waals surface area contributed by atoms with Crippen LogP contribution < -0.4 is 5.32 Å². The van der Waals surface area contributed by atoms with Gasteiger partial charge in [0, 0.05) is 11.8 Å². The summed E-state index contributed by atoms with van der Waals surface area (Å²) in [5.41, 5.74) is 1.28. The lowest BCUT2D eigenvalue weighted by Crippen LogP contribution is -2.29. The summed E-state index contributed by atoms with van der Waals surface area (Å²) in [5, 5.41) is 3.22. The van der Waals surface area contributed by atoms with Gasteiger partial charge in [-0.2, -0.15) is 0 Å². The number of hydrogen-bond acceptors (Lipinski definition) is 5. The van der Waals surface area contributed by atoms with Gasteiger partial charge in [-0.15, -0.1) is 11.3 Å². The van der Waals surface area contributed by atoms with Crippen molar-refractivity contribution in [2.75, 3.05) is 5.32 Å². The second-order valence-electron chi connectivity index (χ2n) is 5.43. The highest BCUT2D eigenvalue weighted by atomic mass is 32.1. The standard InChI is InChI=1S/C19H15FN2O3S/c1-12(19(24)21-14-8-6-13(20)7-9-14)25-18(23)11-10-17-22-15-4-2-3-5-16(15)26-17/h2-12H,1H3,(H,21,24)/b11-10+/t12-/m1/s1. The number of thiazole rings is 1. The summed E-state index contributed by atoms with van der Waals surface area (Å²) >= 11 is 1.45. The Kier molecular flexibility index (Phi) is 5.38. The number of nitrogens with zero attached hydrogens (tertiary/aromatic N) is 1. The first kappa shape index (κ1) is 17.8. The van der Waals surface area contributed by atoms with Crippen LogP contribution in [0, 0.1) is 5.82 Å². The van der Waals surface area contributed by atoms with Crippen LogP contribution in [0.15, 0.2) is 54.6 Å². The van der Waals surface area contributed by atoms with E-state index in [1.165, 1.54) is 48.6 Å². The molecule has 0 spiro atoms. The number of anilines is 1. The molecular formula is C19H15FN2O3S. The molecule has 0 unspecified atom stereocenters. The Morgan fingerprint density at radius 1 is 1.19 bits per heavy atom. The Hall–Kier alpha value is -3.06. The molecule has 26 heavy (non-hydrogen) atoms. The van der Waals surface area contributed by atoms with Crippen LogP contribution in [-0.4, -0.2) is 23.0 Å². The van der Waals surface area contributed by atoms with E-state index < -0.39 is 23.8 Å². The number of ether oxygens (including phenoxy) is 1. The number of rotatable bonds is 5. The van der Waals surface area contributed by atoms with Gasteiger partial charge in [-0.3, -0.25) is 4.79 Å². The Morgan fingerprint density at radius 3 is 2.65 bits per heavy atom. The first-order valence-electron chi connectivity index (χ1n) is 7.82. The number of esters is 1. The van der Waals surface area contributed by atoms with Crippen molar-refractivity contribution in [3.8, 4) is 0 Å². The van der Waals surface area contributed by atoms with Crippen LogP contribution in [0.3, 0.4) is 0 Å². The van der Waals surface area contributed by atoms with Gasteiger partial charge in [0.2, 0.25) is 0 Å². The van der Waals surface area contributed by atoms with E-state index >= 15 is 0 Å². The first-order chi connectivity index (χ1) is 12.5. The van der Waals surface area contributed by atoms with Gasteiger partial charge >= 0.3 is 5.97 Å². The molecule has 5 nitrogen and oxygen atoms in total. The highest BCUT2D eigenvalue weighted by molar-refractivity contribution is 7.19. The third kappa shape index (κ3) is 4.52. The van der Waals surface area contributed by atoms with Gasteiger partial charge in [-0.05, 0) is 49.4 Å². The summed E-state index contributed by atoms with van der Waals surface area (Å²) in [6.45, 7) is 1.46.